The van der Waals surface area contributed by atoms with Gasteiger partial charge in [-0.2, -0.15) is 13.2 Å². The van der Waals surface area contributed by atoms with Crippen LogP contribution in [0.4, 0.5) is 17.6 Å². The molecule has 0 aromatic heterocycles. The third-order valence-electron chi connectivity index (χ3n) is 4.49. The Morgan fingerprint density at radius 3 is 2.52 bits per heavy atom. The van der Waals surface area contributed by atoms with Crippen LogP contribution in [0.5, 0.6) is 0 Å². The minimum absolute atomic E-state index is 0.0384. The lowest BCUT2D eigenvalue weighted by atomic mass is 9.88. The van der Waals surface area contributed by atoms with E-state index in [0.29, 0.717) is 26.1 Å². The van der Waals surface area contributed by atoms with Crippen molar-refractivity contribution < 1.29 is 17.6 Å². The van der Waals surface area contributed by atoms with E-state index >= 15 is 0 Å². The molecule has 1 N–H and O–H groups in total. The number of aliphatic imine (C=N–C) groups is 1. The van der Waals surface area contributed by atoms with Crippen molar-refractivity contribution in [2.75, 3.05) is 19.6 Å². The molecule has 2 aliphatic heterocycles. The van der Waals surface area contributed by atoms with Gasteiger partial charge >= 0.3 is 6.18 Å². The van der Waals surface area contributed by atoms with Gasteiger partial charge < -0.3 is 0 Å². The first-order valence-electron chi connectivity index (χ1n) is 7.74. The van der Waals surface area contributed by atoms with Crippen LogP contribution in [0.25, 0.3) is 0 Å². The molecule has 126 valence electrons. The summed E-state index contributed by atoms with van der Waals surface area (Å²) >= 11 is 0. The monoisotopic (exact) mass is 329 g/mol. The summed E-state index contributed by atoms with van der Waals surface area (Å²) in [4.78, 5) is 5.97. The van der Waals surface area contributed by atoms with Crippen LogP contribution in [0.15, 0.2) is 29.3 Å². The summed E-state index contributed by atoms with van der Waals surface area (Å²) < 4.78 is 52.1. The summed E-state index contributed by atoms with van der Waals surface area (Å²) in [5.41, 5.74) is 0.109. The molecule has 2 aliphatic rings. The molecule has 23 heavy (non-hydrogen) atoms. The Morgan fingerprint density at radius 1 is 1.22 bits per heavy atom. The van der Waals surface area contributed by atoms with Gasteiger partial charge in [-0.1, -0.05) is 12.1 Å². The van der Waals surface area contributed by atoms with Gasteiger partial charge in [-0.05, 0) is 36.5 Å². The van der Waals surface area contributed by atoms with Gasteiger partial charge in [-0.25, -0.2) is 4.39 Å². The van der Waals surface area contributed by atoms with E-state index in [-0.39, 0.29) is 12.1 Å². The molecule has 3 nitrogen and oxygen atoms in total. The number of benzene rings is 1. The van der Waals surface area contributed by atoms with Crippen LogP contribution in [0.2, 0.25) is 0 Å². The molecule has 0 spiro atoms. The average molecular weight is 329 g/mol. The lowest BCUT2D eigenvalue weighted by Crippen LogP contribution is -2.45. The Morgan fingerprint density at radius 2 is 1.96 bits per heavy atom. The molecule has 0 aliphatic carbocycles. The Kier molecular flexibility index (Phi) is 4.68. The molecule has 1 aromatic rings. The summed E-state index contributed by atoms with van der Waals surface area (Å²) in [7, 11) is 0. The highest BCUT2D eigenvalue weighted by Crippen LogP contribution is 2.35. The maximum atomic E-state index is 14.4. The van der Waals surface area contributed by atoms with Crippen molar-refractivity contribution in [2.24, 2.45) is 4.99 Å². The number of piperidine rings is 1. The molecule has 0 bridgehead atoms. The fourth-order valence-corrected chi connectivity index (χ4v) is 3.17. The molecule has 1 aromatic carbocycles. The van der Waals surface area contributed by atoms with E-state index in [1.165, 1.54) is 12.1 Å². The van der Waals surface area contributed by atoms with Gasteiger partial charge in [0, 0.05) is 25.8 Å². The molecule has 0 radical (unpaired) electrons. The van der Waals surface area contributed by atoms with E-state index in [0.717, 1.165) is 24.1 Å². The zero-order valence-corrected chi connectivity index (χ0v) is 12.6. The van der Waals surface area contributed by atoms with Crippen molar-refractivity contribution in [3.63, 3.8) is 0 Å². The van der Waals surface area contributed by atoms with Crippen molar-refractivity contribution in [1.29, 1.82) is 0 Å². The van der Waals surface area contributed by atoms with Gasteiger partial charge in [0.05, 0.1) is 5.56 Å². The molecule has 1 fully saturated rings. The van der Waals surface area contributed by atoms with Crippen LogP contribution < -0.4 is 5.32 Å². The molecule has 3 atom stereocenters. The molecule has 3 unspecified atom stereocenters. The van der Waals surface area contributed by atoms with Gasteiger partial charge in [0.15, 0.2) is 6.30 Å². The number of rotatable bonds is 3. The molecule has 0 amide bonds. The van der Waals surface area contributed by atoms with Gasteiger partial charge in [0.1, 0.15) is 6.17 Å². The Balaban J connectivity index is 1.59. The van der Waals surface area contributed by atoms with E-state index < -0.39 is 18.0 Å². The second-order valence-electron chi connectivity index (χ2n) is 6.03. The van der Waals surface area contributed by atoms with Crippen LogP contribution in [-0.4, -0.2) is 43.2 Å². The smallest absolute Gasteiger partial charge is 0.290 e. The van der Waals surface area contributed by atoms with Crippen LogP contribution in [0.3, 0.4) is 0 Å². The summed E-state index contributed by atoms with van der Waals surface area (Å²) in [6, 6.07) is 5.09. The van der Waals surface area contributed by atoms with E-state index in [2.05, 4.69) is 10.3 Å². The largest absolute Gasteiger partial charge is 0.416 e. The van der Waals surface area contributed by atoms with E-state index in [9.17, 15) is 17.6 Å². The highest BCUT2D eigenvalue weighted by Gasteiger charge is 2.33. The van der Waals surface area contributed by atoms with Crippen LogP contribution >= 0.6 is 0 Å². The minimum atomic E-state index is -4.33. The lowest BCUT2D eigenvalue weighted by Gasteiger charge is -2.36. The second kappa shape index (κ2) is 6.57. The van der Waals surface area contributed by atoms with Crippen molar-refractivity contribution in [2.45, 2.75) is 37.4 Å². The molecule has 3 rings (SSSR count). The van der Waals surface area contributed by atoms with E-state index in [1.54, 1.807) is 11.1 Å². The first-order chi connectivity index (χ1) is 10.9. The molecule has 1 saturated heterocycles. The average Bonchev–Trinajstić information content (AvgIpc) is 3.02. The molecule has 2 heterocycles. The SMILES string of the molecule is FC1CC(c2ccc(C(F)(F)F)cc2)CCN1CC1N=CCN1. The highest BCUT2D eigenvalue weighted by molar-refractivity contribution is 5.62. The van der Waals surface area contributed by atoms with Crippen LogP contribution in [0.1, 0.15) is 29.9 Å². The van der Waals surface area contributed by atoms with Gasteiger partial charge in [-0.15, -0.1) is 0 Å². The summed E-state index contributed by atoms with van der Waals surface area (Å²) in [6.07, 6.45) is -2.65. The van der Waals surface area contributed by atoms with Gasteiger partial charge in [0.25, 0.3) is 0 Å². The van der Waals surface area contributed by atoms with Crippen molar-refractivity contribution in [3.8, 4) is 0 Å². The van der Waals surface area contributed by atoms with E-state index in [4.69, 9.17) is 0 Å². The number of nitrogens with one attached hydrogen (secondary N) is 1. The number of nitrogens with zero attached hydrogens (tertiary/aromatic N) is 2. The first kappa shape index (κ1) is 16.4. The third kappa shape index (κ3) is 3.90. The Labute approximate surface area is 132 Å². The number of likely N-dealkylation sites (tertiary alicyclic amines) is 1. The van der Waals surface area contributed by atoms with Crippen LogP contribution in [0, 0.1) is 0 Å². The van der Waals surface area contributed by atoms with E-state index in [1.807, 2.05) is 0 Å². The fraction of sp³-hybridized carbons (Fsp3) is 0.562. The maximum absolute atomic E-state index is 14.4. The second-order valence-corrected chi connectivity index (χ2v) is 6.03. The predicted molar refractivity (Wildman–Crippen MR) is 80.2 cm³/mol. The summed E-state index contributed by atoms with van der Waals surface area (Å²) in [5, 5.41) is 3.15. The topological polar surface area (TPSA) is 27.6 Å². The summed E-state index contributed by atoms with van der Waals surface area (Å²) in [6.45, 7) is 1.82. The lowest BCUT2D eigenvalue weighted by molar-refractivity contribution is -0.137. The molecule has 0 saturated carbocycles. The normalized spacial score (nSPS) is 29.1. The standard InChI is InChI=1S/C16H19F4N3/c17-14-9-12(5-8-23(14)10-15-21-6-7-22-15)11-1-3-13(4-2-11)16(18,19)20/h1-4,6,12,14-15,22H,5,7-10H2. The number of halogens is 4. The fourth-order valence-electron chi connectivity index (χ4n) is 3.17. The molecular weight excluding hydrogens is 310 g/mol. The highest BCUT2D eigenvalue weighted by atomic mass is 19.4. The Hall–Kier alpha value is -1.47. The number of hydrogen-bond acceptors (Lipinski definition) is 3. The van der Waals surface area contributed by atoms with Crippen molar-refractivity contribution in [3.05, 3.63) is 35.4 Å². The minimum Gasteiger partial charge on any atom is -0.290 e. The predicted octanol–water partition coefficient (Wildman–Crippen LogP) is 3.18. The zero-order chi connectivity index (χ0) is 16.4. The number of alkyl halides is 4. The van der Waals surface area contributed by atoms with Gasteiger partial charge in [0.2, 0.25) is 0 Å². The maximum Gasteiger partial charge on any atom is 0.416 e. The molecule has 7 heteroatoms. The molecular formula is C16H19F4N3. The summed E-state index contributed by atoms with van der Waals surface area (Å²) in [5.74, 6) is -0.0384. The first-order valence-corrected chi connectivity index (χ1v) is 7.74. The van der Waals surface area contributed by atoms with Crippen molar-refractivity contribution in [1.82, 2.24) is 10.2 Å². The Bertz CT molecular complexity index is 555. The third-order valence-corrected chi connectivity index (χ3v) is 4.49. The van der Waals surface area contributed by atoms with Gasteiger partial charge in [-0.3, -0.25) is 15.2 Å². The quantitative estimate of drug-likeness (QED) is 0.681. The zero-order valence-electron chi connectivity index (χ0n) is 12.6. The van der Waals surface area contributed by atoms with Crippen molar-refractivity contribution >= 4 is 6.21 Å². The van der Waals surface area contributed by atoms with Crippen LogP contribution in [-0.2, 0) is 6.18 Å². The number of hydrogen-bond donors (Lipinski definition) is 1.